The first-order valence-corrected chi connectivity index (χ1v) is 11.4. The standard InChI is InChI=1S/C26H27N3O3/c1-3-32-26(31)23-22-16-19-9-4-5-10-21(19)24(22)29(27-23)20-13-11-18(12-14-20)25(30)28-15-7-6-8-17(28)2/h4-5,9-14,17H,3,6-8,15-16H2,1-2H3/t17-/m1/s1. The third-order valence-electron chi connectivity index (χ3n) is 6.51. The number of carbonyl (C=O) groups excluding carboxylic acids is 2. The van der Waals surface area contributed by atoms with Gasteiger partial charge in [-0.2, -0.15) is 5.10 Å². The normalized spacial score (nSPS) is 17.1. The van der Waals surface area contributed by atoms with Crippen molar-refractivity contribution in [1.29, 1.82) is 0 Å². The highest BCUT2D eigenvalue weighted by atomic mass is 16.5. The van der Waals surface area contributed by atoms with Crippen LogP contribution in [0.3, 0.4) is 0 Å². The molecular weight excluding hydrogens is 402 g/mol. The minimum atomic E-state index is -0.402. The molecule has 0 unspecified atom stereocenters. The molecule has 1 saturated heterocycles. The molecule has 1 aliphatic carbocycles. The fourth-order valence-electron chi connectivity index (χ4n) is 4.85. The topological polar surface area (TPSA) is 64.4 Å². The fraction of sp³-hybridized carbons (Fsp3) is 0.346. The molecule has 1 aliphatic heterocycles. The number of carbonyl (C=O) groups is 2. The first-order chi connectivity index (χ1) is 15.6. The van der Waals surface area contributed by atoms with E-state index < -0.39 is 5.97 Å². The summed E-state index contributed by atoms with van der Waals surface area (Å²) in [6.07, 6.45) is 3.95. The third kappa shape index (κ3) is 3.40. The molecule has 32 heavy (non-hydrogen) atoms. The Morgan fingerprint density at radius 2 is 1.88 bits per heavy atom. The first-order valence-electron chi connectivity index (χ1n) is 11.4. The molecule has 1 amide bonds. The maximum Gasteiger partial charge on any atom is 0.359 e. The number of piperidine rings is 1. The summed E-state index contributed by atoms with van der Waals surface area (Å²) in [5.74, 6) is -0.326. The van der Waals surface area contributed by atoms with Crippen molar-refractivity contribution in [2.45, 2.75) is 45.6 Å². The van der Waals surface area contributed by atoms with E-state index in [0.717, 1.165) is 41.9 Å². The zero-order valence-electron chi connectivity index (χ0n) is 18.5. The minimum Gasteiger partial charge on any atom is -0.461 e. The van der Waals surface area contributed by atoms with Gasteiger partial charge in [0, 0.05) is 35.7 Å². The van der Waals surface area contributed by atoms with Crippen LogP contribution >= 0.6 is 0 Å². The SMILES string of the molecule is CCOC(=O)c1nn(-c2ccc(C(=O)N3CCCC[C@H]3C)cc2)c2c1Cc1ccccc1-2. The summed E-state index contributed by atoms with van der Waals surface area (Å²) >= 11 is 0. The number of hydrogen-bond acceptors (Lipinski definition) is 4. The molecule has 0 saturated carbocycles. The van der Waals surface area contributed by atoms with Gasteiger partial charge in [0.25, 0.3) is 5.91 Å². The summed E-state index contributed by atoms with van der Waals surface area (Å²) in [5.41, 5.74) is 5.92. The Kier molecular flexibility index (Phi) is 5.29. The average molecular weight is 430 g/mol. The van der Waals surface area contributed by atoms with Gasteiger partial charge in [-0.1, -0.05) is 24.3 Å². The van der Waals surface area contributed by atoms with Crippen molar-refractivity contribution in [2.24, 2.45) is 0 Å². The monoisotopic (exact) mass is 429 g/mol. The van der Waals surface area contributed by atoms with Gasteiger partial charge in [-0.15, -0.1) is 0 Å². The predicted octanol–water partition coefficient (Wildman–Crippen LogP) is 4.63. The highest BCUT2D eigenvalue weighted by Crippen LogP contribution is 2.40. The number of aromatic nitrogens is 2. The van der Waals surface area contributed by atoms with Gasteiger partial charge < -0.3 is 9.64 Å². The number of likely N-dealkylation sites (tertiary alicyclic amines) is 1. The lowest BCUT2D eigenvalue weighted by Gasteiger charge is -2.33. The molecule has 3 aromatic rings. The largest absolute Gasteiger partial charge is 0.461 e. The smallest absolute Gasteiger partial charge is 0.359 e. The van der Waals surface area contributed by atoms with Gasteiger partial charge in [0.05, 0.1) is 18.0 Å². The number of amides is 1. The number of fused-ring (bicyclic) bond motifs is 3. The van der Waals surface area contributed by atoms with Crippen molar-refractivity contribution in [3.63, 3.8) is 0 Å². The summed E-state index contributed by atoms with van der Waals surface area (Å²) < 4.78 is 7.07. The molecule has 0 radical (unpaired) electrons. The lowest BCUT2D eigenvalue weighted by atomic mass is 10.0. The van der Waals surface area contributed by atoms with Gasteiger partial charge >= 0.3 is 5.97 Å². The van der Waals surface area contributed by atoms with Crippen LogP contribution in [0.5, 0.6) is 0 Å². The number of rotatable bonds is 4. The second kappa shape index (κ2) is 8.26. The van der Waals surface area contributed by atoms with Gasteiger partial charge in [0.15, 0.2) is 5.69 Å². The maximum absolute atomic E-state index is 13.0. The Hall–Kier alpha value is -3.41. The Morgan fingerprint density at radius 1 is 1.09 bits per heavy atom. The van der Waals surface area contributed by atoms with Crippen LogP contribution in [0.4, 0.5) is 0 Å². The Labute approximate surface area is 187 Å². The van der Waals surface area contributed by atoms with Crippen molar-refractivity contribution in [2.75, 3.05) is 13.2 Å². The molecule has 1 aromatic heterocycles. The lowest BCUT2D eigenvalue weighted by Crippen LogP contribution is -2.42. The van der Waals surface area contributed by atoms with E-state index in [2.05, 4.69) is 24.2 Å². The van der Waals surface area contributed by atoms with Crippen LogP contribution in [0.2, 0.25) is 0 Å². The molecule has 2 heterocycles. The number of nitrogens with zero attached hydrogens (tertiary/aromatic N) is 3. The second-order valence-electron chi connectivity index (χ2n) is 8.53. The van der Waals surface area contributed by atoms with E-state index in [0.29, 0.717) is 24.3 Å². The molecule has 2 aromatic carbocycles. The number of benzene rings is 2. The van der Waals surface area contributed by atoms with E-state index >= 15 is 0 Å². The Bertz CT molecular complexity index is 1180. The van der Waals surface area contributed by atoms with Crippen LogP contribution < -0.4 is 0 Å². The van der Waals surface area contributed by atoms with Crippen LogP contribution in [-0.4, -0.2) is 45.8 Å². The van der Waals surface area contributed by atoms with Crippen LogP contribution in [0.1, 0.15) is 65.1 Å². The molecular formula is C26H27N3O3. The molecule has 164 valence electrons. The molecule has 6 heteroatoms. The van der Waals surface area contributed by atoms with Crippen molar-refractivity contribution in [3.8, 4) is 16.9 Å². The first kappa shape index (κ1) is 20.5. The van der Waals surface area contributed by atoms with Gasteiger partial charge in [-0.25, -0.2) is 9.48 Å². The summed E-state index contributed by atoms with van der Waals surface area (Å²) in [4.78, 5) is 27.6. The number of hydrogen-bond donors (Lipinski definition) is 0. The van der Waals surface area contributed by atoms with Crippen LogP contribution in [0.15, 0.2) is 48.5 Å². The molecule has 6 nitrogen and oxygen atoms in total. The fourth-order valence-corrected chi connectivity index (χ4v) is 4.85. The van der Waals surface area contributed by atoms with Crippen LogP contribution in [-0.2, 0) is 11.2 Å². The highest BCUT2D eigenvalue weighted by molar-refractivity contribution is 5.95. The summed E-state index contributed by atoms with van der Waals surface area (Å²) in [6, 6.07) is 16.0. The number of esters is 1. The van der Waals surface area contributed by atoms with Crippen LogP contribution in [0, 0.1) is 0 Å². The van der Waals surface area contributed by atoms with Gasteiger partial charge in [-0.05, 0) is 62.9 Å². The van der Waals surface area contributed by atoms with Gasteiger partial charge in [0.2, 0.25) is 0 Å². The average Bonchev–Trinajstić information content (AvgIpc) is 3.37. The number of ether oxygens (including phenoxy) is 1. The Balaban J connectivity index is 1.52. The highest BCUT2D eigenvalue weighted by Gasteiger charge is 2.31. The molecule has 1 atom stereocenters. The molecule has 1 fully saturated rings. The molecule has 2 aliphatic rings. The minimum absolute atomic E-state index is 0.0759. The van der Waals surface area contributed by atoms with Crippen molar-refractivity contribution in [3.05, 3.63) is 70.9 Å². The third-order valence-corrected chi connectivity index (χ3v) is 6.51. The van der Waals surface area contributed by atoms with Gasteiger partial charge in [0.1, 0.15) is 0 Å². The summed E-state index contributed by atoms with van der Waals surface area (Å²) in [5, 5.41) is 4.64. The zero-order chi connectivity index (χ0) is 22.2. The zero-order valence-corrected chi connectivity index (χ0v) is 18.5. The molecule has 0 bridgehead atoms. The Morgan fingerprint density at radius 3 is 2.62 bits per heavy atom. The summed E-state index contributed by atoms with van der Waals surface area (Å²) in [6.45, 7) is 5.03. The second-order valence-corrected chi connectivity index (χ2v) is 8.53. The molecule has 0 spiro atoms. The maximum atomic E-state index is 13.0. The van der Waals surface area contributed by atoms with E-state index in [1.807, 2.05) is 46.0 Å². The molecule has 0 N–H and O–H groups in total. The predicted molar refractivity (Wildman–Crippen MR) is 122 cm³/mol. The van der Waals surface area contributed by atoms with E-state index in [9.17, 15) is 9.59 Å². The molecule has 5 rings (SSSR count). The van der Waals surface area contributed by atoms with Crippen molar-refractivity contribution < 1.29 is 14.3 Å². The summed E-state index contributed by atoms with van der Waals surface area (Å²) in [7, 11) is 0. The lowest BCUT2D eigenvalue weighted by molar-refractivity contribution is 0.0517. The van der Waals surface area contributed by atoms with Crippen LogP contribution in [0.25, 0.3) is 16.9 Å². The van der Waals surface area contributed by atoms with Crippen molar-refractivity contribution >= 4 is 11.9 Å². The van der Waals surface area contributed by atoms with E-state index in [-0.39, 0.29) is 11.9 Å². The van der Waals surface area contributed by atoms with Crippen molar-refractivity contribution in [1.82, 2.24) is 14.7 Å². The quantitative estimate of drug-likeness (QED) is 0.444. The van der Waals surface area contributed by atoms with E-state index in [1.54, 1.807) is 6.92 Å². The van der Waals surface area contributed by atoms with Gasteiger partial charge in [-0.3, -0.25) is 4.79 Å². The van der Waals surface area contributed by atoms with E-state index in [4.69, 9.17) is 4.74 Å². The van der Waals surface area contributed by atoms with E-state index in [1.165, 1.54) is 12.0 Å².